The molecule has 3 heterocycles. The van der Waals surface area contributed by atoms with E-state index in [-0.39, 0.29) is 5.91 Å². The summed E-state index contributed by atoms with van der Waals surface area (Å²) in [5.74, 6) is 0.222. The number of amides is 1. The van der Waals surface area contributed by atoms with E-state index in [0.29, 0.717) is 5.41 Å². The highest BCUT2D eigenvalue weighted by Crippen LogP contribution is 2.43. The number of rotatable bonds is 3. The Labute approximate surface area is 182 Å². The minimum absolute atomic E-state index is 0.222. The summed E-state index contributed by atoms with van der Waals surface area (Å²) < 4.78 is 0. The third-order valence-corrected chi connectivity index (χ3v) is 8.65. The molecule has 5 rings (SSSR count). The SMILES string of the molecule is O=C(c1ccc(N2CCC3(CC2)CCN(C2CCC2)CC3)cc1)N1CCCCCC1. The van der Waals surface area contributed by atoms with E-state index >= 15 is 0 Å². The molecule has 4 fully saturated rings. The van der Waals surface area contributed by atoms with Crippen LogP contribution in [-0.2, 0) is 0 Å². The zero-order valence-electron chi connectivity index (χ0n) is 18.7. The van der Waals surface area contributed by atoms with Crippen molar-refractivity contribution in [1.82, 2.24) is 9.80 Å². The van der Waals surface area contributed by atoms with Crippen molar-refractivity contribution in [2.24, 2.45) is 5.41 Å². The number of hydrogen-bond acceptors (Lipinski definition) is 3. The molecular weight excluding hydrogens is 370 g/mol. The molecule has 0 unspecified atom stereocenters. The highest BCUT2D eigenvalue weighted by molar-refractivity contribution is 5.94. The summed E-state index contributed by atoms with van der Waals surface area (Å²) in [5.41, 5.74) is 2.75. The Hall–Kier alpha value is -1.55. The van der Waals surface area contributed by atoms with E-state index in [4.69, 9.17) is 0 Å². The summed E-state index contributed by atoms with van der Waals surface area (Å²) in [6, 6.07) is 9.40. The Morgan fingerprint density at radius 3 is 1.90 bits per heavy atom. The lowest BCUT2D eigenvalue weighted by molar-refractivity contribution is 0.0306. The average molecular weight is 410 g/mol. The minimum atomic E-state index is 0.222. The highest BCUT2D eigenvalue weighted by atomic mass is 16.2. The standard InChI is InChI=1S/C26H39N3O/c30-25(29-16-3-1-2-4-17-29)22-8-10-24(11-9-22)28-20-14-26(15-21-28)12-18-27(19-13-26)23-6-5-7-23/h8-11,23H,1-7,12-21H2. The summed E-state index contributed by atoms with van der Waals surface area (Å²) >= 11 is 0. The van der Waals surface area contributed by atoms with Crippen molar-refractivity contribution in [3.05, 3.63) is 29.8 Å². The second-order valence-electron chi connectivity index (χ2n) is 10.4. The van der Waals surface area contributed by atoms with Crippen LogP contribution in [0.1, 0.15) is 81.0 Å². The molecule has 1 saturated carbocycles. The summed E-state index contributed by atoms with van der Waals surface area (Å²) in [4.78, 5) is 20.2. The molecule has 4 heteroatoms. The number of benzene rings is 1. The van der Waals surface area contributed by atoms with Gasteiger partial charge < -0.3 is 14.7 Å². The molecule has 0 N–H and O–H groups in total. The topological polar surface area (TPSA) is 26.8 Å². The van der Waals surface area contributed by atoms with E-state index in [1.54, 1.807) is 0 Å². The van der Waals surface area contributed by atoms with Gasteiger partial charge in [-0.3, -0.25) is 4.79 Å². The van der Waals surface area contributed by atoms with Crippen molar-refractivity contribution in [2.45, 2.75) is 76.7 Å². The van der Waals surface area contributed by atoms with Crippen molar-refractivity contribution in [3.8, 4) is 0 Å². The molecular formula is C26H39N3O. The molecule has 4 nitrogen and oxygen atoms in total. The maximum Gasteiger partial charge on any atom is 0.253 e. The van der Waals surface area contributed by atoms with Crippen molar-refractivity contribution >= 4 is 11.6 Å². The van der Waals surface area contributed by atoms with E-state index in [2.05, 4.69) is 39.0 Å². The molecule has 0 radical (unpaired) electrons. The lowest BCUT2D eigenvalue weighted by Crippen LogP contribution is -2.50. The maximum absolute atomic E-state index is 12.9. The van der Waals surface area contributed by atoms with Gasteiger partial charge in [0.15, 0.2) is 0 Å². The Balaban J connectivity index is 1.14. The Morgan fingerprint density at radius 1 is 0.733 bits per heavy atom. The molecule has 1 amide bonds. The van der Waals surface area contributed by atoms with Crippen LogP contribution >= 0.6 is 0 Å². The molecule has 1 spiro atoms. The van der Waals surface area contributed by atoms with E-state index in [1.165, 1.54) is 89.7 Å². The molecule has 0 aromatic heterocycles. The van der Waals surface area contributed by atoms with Crippen LogP contribution in [0.2, 0.25) is 0 Å². The first-order valence-electron chi connectivity index (χ1n) is 12.6. The van der Waals surface area contributed by atoms with Gasteiger partial charge in [0.2, 0.25) is 0 Å². The molecule has 1 aliphatic carbocycles. The quantitative estimate of drug-likeness (QED) is 0.708. The molecule has 4 aliphatic rings. The Morgan fingerprint density at radius 2 is 1.33 bits per heavy atom. The number of likely N-dealkylation sites (tertiary alicyclic amines) is 2. The van der Waals surface area contributed by atoms with E-state index in [0.717, 1.165) is 37.5 Å². The molecule has 1 aromatic carbocycles. The Kier molecular flexibility index (Phi) is 6.04. The predicted molar refractivity (Wildman–Crippen MR) is 123 cm³/mol. The van der Waals surface area contributed by atoms with Gasteiger partial charge in [-0.15, -0.1) is 0 Å². The highest BCUT2D eigenvalue weighted by Gasteiger charge is 2.39. The van der Waals surface area contributed by atoms with Gasteiger partial charge >= 0.3 is 0 Å². The van der Waals surface area contributed by atoms with Gasteiger partial charge in [-0.05, 0) is 94.1 Å². The van der Waals surface area contributed by atoms with Crippen LogP contribution in [0, 0.1) is 5.41 Å². The van der Waals surface area contributed by atoms with Gasteiger partial charge in [-0.25, -0.2) is 0 Å². The van der Waals surface area contributed by atoms with E-state index in [9.17, 15) is 4.79 Å². The first kappa shape index (κ1) is 20.4. The summed E-state index contributed by atoms with van der Waals surface area (Å²) in [7, 11) is 0. The first-order valence-corrected chi connectivity index (χ1v) is 12.6. The van der Waals surface area contributed by atoms with Crippen LogP contribution in [0.15, 0.2) is 24.3 Å². The fourth-order valence-corrected chi connectivity index (χ4v) is 6.13. The van der Waals surface area contributed by atoms with Crippen molar-refractivity contribution < 1.29 is 4.79 Å². The summed E-state index contributed by atoms with van der Waals surface area (Å²) in [5, 5.41) is 0. The van der Waals surface area contributed by atoms with Crippen molar-refractivity contribution in [2.75, 3.05) is 44.2 Å². The number of carbonyl (C=O) groups is 1. The van der Waals surface area contributed by atoms with E-state index in [1.807, 2.05) is 0 Å². The van der Waals surface area contributed by atoms with Crippen LogP contribution in [-0.4, -0.2) is 61.0 Å². The molecule has 0 atom stereocenters. The van der Waals surface area contributed by atoms with Crippen LogP contribution < -0.4 is 4.90 Å². The monoisotopic (exact) mass is 409 g/mol. The lowest BCUT2D eigenvalue weighted by Gasteiger charge is -2.50. The van der Waals surface area contributed by atoms with Crippen LogP contribution in [0.4, 0.5) is 5.69 Å². The third kappa shape index (κ3) is 4.26. The number of piperidine rings is 2. The van der Waals surface area contributed by atoms with Gasteiger partial charge in [-0.2, -0.15) is 0 Å². The second-order valence-corrected chi connectivity index (χ2v) is 10.4. The van der Waals surface area contributed by atoms with Crippen LogP contribution in [0.5, 0.6) is 0 Å². The van der Waals surface area contributed by atoms with Crippen molar-refractivity contribution in [3.63, 3.8) is 0 Å². The molecule has 3 saturated heterocycles. The van der Waals surface area contributed by atoms with Gasteiger partial charge in [0, 0.05) is 43.5 Å². The number of anilines is 1. The van der Waals surface area contributed by atoms with E-state index < -0.39 is 0 Å². The largest absolute Gasteiger partial charge is 0.371 e. The number of hydrogen-bond donors (Lipinski definition) is 0. The summed E-state index contributed by atoms with van der Waals surface area (Å²) in [6.45, 7) is 6.85. The zero-order valence-corrected chi connectivity index (χ0v) is 18.7. The normalized spacial score (nSPS) is 25.7. The van der Waals surface area contributed by atoms with Crippen LogP contribution in [0.3, 0.4) is 0 Å². The summed E-state index contributed by atoms with van der Waals surface area (Å²) in [6.07, 6.45) is 14.6. The van der Waals surface area contributed by atoms with Gasteiger partial charge in [-0.1, -0.05) is 19.3 Å². The molecule has 0 bridgehead atoms. The van der Waals surface area contributed by atoms with Crippen LogP contribution in [0.25, 0.3) is 0 Å². The third-order valence-electron chi connectivity index (χ3n) is 8.65. The Bertz CT molecular complexity index is 700. The van der Waals surface area contributed by atoms with Gasteiger partial charge in [0.25, 0.3) is 5.91 Å². The minimum Gasteiger partial charge on any atom is -0.371 e. The molecule has 3 aliphatic heterocycles. The molecule has 1 aromatic rings. The zero-order chi connectivity index (χ0) is 20.4. The predicted octanol–water partition coefficient (Wildman–Crippen LogP) is 4.94. The number of carbonyl (C=O) groups excluding carboxylic acids is 1. The smallest absolute Gasteiger partial charge is 0.253 e. The first-order chi connectivity index (χ1) is 14.7. The van der Waals surface area contributed by atoms with Gasteiger partial charge in [0.05, 0.1) is 0 Å². The van der Waals surface area contributed by atoms with Gasteiger partial charge in [0.1, 0.15) is 0 Å². The number of nitrogens with zero attached hydrogens (tertiary/aromatic N) is 3. The second kappa shape index (κ2) is 8.90. The molecule has 30 heavy (non-hydrogen) atoms. The maximum atomic E-state index is 12.9. The fourth-order valence-electron chi connectivity index (χ4n) is 6.13. The van der Waals surface area contributed by atoms with Crippen molar-refractivity contribution in [1.29, 1.82) is 0 Å². The fraction of sp³-hybridized carbons (Fsp3) is 0.731. The average Bonchev–Trinajstić information content (AvgIpc) is 3.04. The molecule has 164 valence electrons. The lowest BCUT2D eigenvalue weighted by atomic mass is 9.70.